The van der Waals surface area contributed by atoms with E-state index in [2.05, 4.69) is 0 Å². The molecule has 14 N–H and O–H groups in total. The topological polar surface area (TPSA) is 348 Å². The Kier molecular flexibility index (Phi) is 12.8. The van der Waals surface area contributed by atoms with Gasteiger partial charge in [-0.25, -0.2) is 0 Å². The molecule has 45 heavy (non-hydrogen) atoms. The third kappa shape index (κ3) is 7.44. The van der Waals surface area contributed by atoms with Crippen molar-refractivity contribution in [3.8, 4) is 0 Å². The van der Waals surface area contributed by atoms with E-state index in [1.54, 1.807) is 0 Å². The standard InChI is InChI=1S/C24H42O21/c25-1-5-9(29)10(30)15(35)22(40-5)44-19-7(3-27)42-24(17(37)12(19)32)45-20-8(4-28)41-23(16(36)13(20)33)43-18-6(2-26)39-21(38)14(34)11(18)31/h5-38H,1-4H2/t5-,6-,7-,8-,9-,10+,11-,12-,13-,14+,15-,16-,17+,18-,19-,20-,21?,22+,23+,24+/m1/s1. The van der Waals surface area contributed by atoms with Gasteiger partial charge in [0.15, 0.2) is 25.2 Å². The molecule has 4 rings (SSSR count). The molecule has 264 valence electrons. The first-order valence-electron chi connectivity index (χ1n) is 14.1. The molecule has 21 heteroatoms. The second kappa shape index (κ2) is 15.6. The van der Waals surface area contributed by atoms with Crippen molar-refractivity contribution in [2.45, 2.75) is 123 Å². The van der Waals surface area contributed by atoms with Gasteiger partial charge in [0.2, 0.25) is 0 Å². The van der Waals surface area contributed by atoms with Crippen LogP contribution in [0.2, 0.25) is 0 Å². The van der Waals surface area contributed by atoms with E-state index in [9.17, 15) is 71.5 Å². The Bertz CT molecular complexity index is 910. The highest BCUT2D eigenvalue weighted by Crippen LogP contribution is 2.34. The van der Waals surface area contributed by atoms with E-state index >= 15 is 0 Å². The average Bonchev–Trinajstić information content (AvgIpc) is 3.03. The third-order valence-corrected chi connectivity index (χ3v) is 8.20. The van der Waals surface area contributed by atoms with Crippen LogP contribution in [0, 0.1) is 0 Å². The first kappa shape index (κ1) is 37.0. The quantitative estimate of drug-likeness (QED) is 0.103. The summed E-state index contributed by atoms with van der Waals surface area (Å²) in [5.74, 6) is 0. The minimum atomic E-state index is -2.02. The van der Waals surface area contributed by atoms with Gasteiger partial charge in [-0.2, -0.15) is 0 Å². The van der Waals surface area contributed by atoms with Crippen LogP contribution in [0.4, 0.5) is 0 Å². The summed E-state index contributed by atoms with van der Waals surface area (Å²) in [5, 5.41) is 142. The molecule has 4 heterocycles. The fraction of sp³-hybridized carbons (Fsp3) is 1.00. The summed E-state index contributed by atoms with van der Waals surface area (Å²) in [6.07, 6.45) is -35.3. The van der Waals surface area contributed by atoms with Gasteiger partial charge < -0.3 is 105 Å². The van der Waals surface area contributed by atoms with Gasteiger partial charge in [0, 0.05) is 0 Å². The summed E-state index contributed by atoms with van der Waals surface area (Å²) in [6, 6.07) is 0. The Labute approximate surface area is 254 Å². The van der Waals surface area contributed by atoms with Crippen molar-refractivity contribution >= 4 is 0 Å². The minimum absolute atomic E-state index is 0.784. The number of rotatable bonds is 10. The second-order valence-corrected chi connectivity index (χ2v) is 11.1. The van der Waals surface area contributed by atoms with Crippen LogP contribution in [0.25, 0.3) is 0 Å². The maximum atomic E-state index is 10.9. The molecule has 0 aromatic rings. The summed E-state index contributed by atoms with van der Waals surface area (Å²) >= 11 is 0. The molecule has 1 unspecified atom stereocenters. The molecule has 21 nitrogen and oxygen atoms in total. The van der Waals surface area contributed by atoms with Crippen molar-refractivity contribution in [3.05, 3.63) is 0 Å². The van der Waals surface area contributed by atoms with Gasteiger partial charge in [0.05, 0.1) is 26.4 Å². The van der Waals surface area contributed by atoms with E-state index in [0.717, 1.165) is 0 Å². The summed E-state index contributed by atoms with van der Waals surface area (Å²) in [7, 11) is 0. The Morgan fingerprint density at radius 1 is 0.333 bits per heavy atom. The van der Waals surface area contributed by atoms with Crippen molar-refractivity contribution in [1.29, 1.82) is 0 Å². The lowest BCUT2D eigenvalue weighted by Gasteiger charge is -2.49. The van der Waals surface area contributed by atoms with E-state index in [1.807, 2.05) is 0 Å². The smallest absolute Gasteiger partial charge is 0.187 e. The Balaban J connectivity index is 1.43. The fourth-order valence-electron chi connectivity index (χ4n) is 5.55. The van der Waals surface area contributed by atoms with Gasteiger partial charge in [-0.05, 0) is 0 Å². The first-order chi connectivity index (χ1) is 21.3. The van der Waals surface area contributed by atoms with Crippen LogP contribution in [0.1, 0.15) is 0 Å². The fourth-order valence-corrected chi connectivity index (χ4v) is 5.55. The van der Waals surface area contributed by atoms with Gasteiger partial charge in [0.1, 0.15) is 97.7 Å². The number of hydrogen-bond donors (Lipinski definition) is 14. The maximum Gasteiger partial charge on any atom is 0.187 e. The molecular formula is C24H42O21. The van der Waals surface area contributed by atoms with Crippen molar-refractivity contribution < 1.29 is 105 Å². The lowest BCUT2D eigenvalue weighted by atomic mass is 9.95. The monoisotopic (exact) mass is 666 g/mol. The van der Waals surface area contributed by atoms with Gasteiger partial charge in [-0.1, -0.05) is 0 Å². The van der Waals surface area contributed by atoms with Crippen LogP contribution >= 0.6 is 0 Å². The van der Waals surface area contributed by atoms with E-state index in [4.69, 9.17) is 33.2 Å². The highest BCUT2D eigenvalue weighted by molar-refractivity contribution is 4.97. The lowest BCUT2D eigenvalue weighted by molar-refractivity contribution is -0.387. The molecule has 0 aliphatic carbocycles. The Morgan fingerprint density at radius 2 is 0.644 bits per heavy atom. The molecule has 4 fully saturated rings. The molecule has 0 saturated carbocycles. The third-order valence-electron chi connectivity index (χ3n) is 8.20. The van der Waals surface area contributed by atoms with Crippen LogP contribution < -0.4 is 0 Å². The number of aliphatic hydroxyl groups is 14. The number of ether oxygens (including phenoxy) is 7. The molecule has 4 saturated heterocycles. The van der Waals surface area contributed by atoms with E-state index in [-0.39, 0.29) is 0 Å². The predicted octanol–water partition coefficient (Wildman–Crippen LogP) is -9.75. The molecular weight excluding hydrogens is 624 g/mol. The Morgan fingerprint density at radius 3 is 1.02 bits per heavy atom. The zero-order valence-electron chi connectivity index (χ0n) is 23.5. The van der Waals surface area contributed by atoms with Crippen molar-refractivity contribution in [3.63, 3.8) is 0 Å². The molecule has 0 radical (unpaired) electrons. The number of aliphatic hydroxyl groups excluding tert-OH is 14. The van der Waals surface area contributed by atoms with Crippen LogP contribution in [0.5, 0.6) is 0 Å². The largest absolute Gasteiger partial charge is 0.394 e. The highest BCUT2D eigenvalue weighted by atomic mass is 16.8. The molecule has 0 spiro atoms. The van der Waals surface area contributed by atoms with Crippen LogP contribution in [0.3, 0.4) is 0 Å². The highest BCUT2D eigenvalue weighted by Gasteiger charge is 2.55. The lowest BCUT2D eigenvalue weighted by Crippen LogP contribution is -2.67. The first-order valence-corrected chi connectivity index (χ1v) is 14.1. The summed E-state index contributed by atoms with van der Waals surface area (Å²) < 4.78 is 37.7. The zero-order valence-corrected chi connectivity index (χ0v) is 23.5. The second-order valence-electron chi connectivity index (χ2n) is 11.1. The van der Waals surface area contributed by atoms with Crippen LogP contribution in [-0.2, 0) is 33.2 Å². The summed E-state index contributed by atoms with van der Waals surface area (Å²) in [4.78, 5) is 0. The van der Waals surface area contributed by atoms with Gasteiger partial charge >= 0.3 is 0 Å². The van der Waals surface area contributed by atoms with Gasteiger partial charge in [-0.3, -0.25) is 0 Å². The van der Waals surface area contributed by atoms with Crippen molar-refractivity contribution in [2.75, 3.05) is 26.4 Å². The molecule has 0 aromatic heterocycles. The van der Waals surface area contributed by atoms with E-state index in [0.29, 0.717) is 0 Å². The zero-order chi connectivity index (χ0) is 33.3. The van der Waals surface area contributed by atoms with Gasteiger partial charge in [0.25, 0.3) is 0 Å². The van der Waals surface area contributed by atoms with Crippen molar-refractivity contribution in [1.82, 2.24) is 0 Å². The molecule has 0 amide bonds. The summed E-state index contributed by atoms with van der Waals surface area (Å²) in [5.41, 5.74) is 0. The van der Waals surface area contributed by atoms with E-state index in [1.165, 1.54) is 0 Å². The van der Waals surface area contributed by atoms with Crippen LogP contribution in [0.15, 0.2) is 0 Å². The normalized spacial score (nSPS) is 52.9. The Hall–Kier alpha value is -0.840. The van der Waals surface area contributed by atoms with Crippen LogP contribution in [-0.4, -0.2) is 221 Å². The SMILES string of the molecule is OC[C@H]1O[C@@H](O[C@H]2[C@H](O)[C@H](O)[C@H](O[C@H]3[C@H](O)[C@@H](O)[C@H](O[C@H]4[C@H](O)[C@H](O)C(O)O[C@@H]4CO)O[C@@H]3CO)O[C@@H]2CO)[C@H](O)[C@@H](O)[C@@H]1O. The molecule has 0 bridgehead atoms. The number of hydrogen-bond acceptors (Lipinski definition) is 21. The summed E-state index contributed by atoms with van der Waals surface area (Å²) in [6.45, 7) is -3.39. The molecule has 4 aliphatic heterocycles. The van der Waals surface area contributed by atoms with Gasteiger partial charge in [-0.15, -0.1) is 0 Å². The molecule has 20 atom stereocenters. The molecule has 4 aliphatic rings. The maximum absolute atomic E-state index is 10.9. The minimum Gasteiger partial charge on any atom is -0.394 e. The average molecular weight is 667 g/mol. The predicted molar refractivity (Wildman–Crippen MR) is 134 cm³/mol. The van der Waals surface area contributed by atoms with Crippen molar-refractivity contribution in [2.24, 2.45) is 0 Å². The molecule has 0 aromatic carbocycles. The van der Waals surface area contributed by atoms with E-state index < -0.39 is 149 Å².